The minimum absolute atomic E-state index is 0.148. The van der Waals surface area contributed by atoms with Gasteiger partial charge in [-0.3, -0.25) is 0 Å². The summed E-state index contributed by atoms with van der Waals surface area (Å²) in [5.41, 5.74) is 5.92. The van der Waals surface area contributed by atoms with Crippen LogP contribution >= 0.6 is 0 Å². The van der Waals surface area contributed by atoms with E-state index in [4.69, 9.17) is 5.73 Å². The van der Waals surface area contributed by atoms with E-state index in [-0.39, 0.29) is 11.5 Å². The highest BCUT2D eigenvalue weighted by atomic mass is 14.7. The van der Waals surface area contributed by atoms with E-state index >= 15 is 0 Å². The predicted molar refractivity (Wildman–Crippen MR) is 40.0 cm³/mol. The Morgan fingerprint density at radius 3 is 2.33 bits per heavy atom. The van der Waals surface area contributed by atoms with Gasteiger partial charge in [0.1, 0.15) is 0 Å². The van der Waals surface area contributed by atoms with Crippen molar-refractivity contribution in [1.29, 1.82) is 0 Å². The van der Waals surface area contributed by atoms with Crippen molar-refractivity contribution in [2.45, 2.75) is 19.9 Å². The summed E-state index contributed by atoms with van der Waals surface area (Å²) in [7, 11) is 0. The first kappa shape index (κ1) is 6.56. The lowest BCUT2D eigenvalue weighted by Crippen LogP contribution is -2.34. The second-order valence-corrected chi connectivity index (χ2v) is 3.09. The van der Waals surface area contributed by atoms with Gasteiger partial charge in [-0.25, -0.2) is 0 Å². The topological polar surface area (TPSA) is 26.0 Å². The molecule has 1 heteroatoms. The average molecular weight is 123 g/mol. The summed E-state index contributed by atoms with van der Waals surface area (Å²) in [5.74, 6) is 0. The fraction of sp³-hybridized carbons (Fsp3) is 0.500. The summed E-state index contributed by atoms with van der Waals surface area (Å²) in [4.78, 5) is 0. The van der Waals surface area contributed by atoms with Gasteiger partial charge in [0.2, 0.25) is 0 Å². The Morgan fingerprint density at radius 2 is 2.00 bits per heavy atom. The second-order valence-electron chi connectivity index (χ2n) is 3.09. The van der Waals surface area contributed by atoms with Crippen molar-refractivity contribution in [3.8, 4) is 0 Å². The van der Waals surface area contributed by atoms with Gasteiger partial charge in [0.15, 0.2) is 0 Å². The van der Waals surface area contributed by atoms with Gasteiger partial charge in [0, 0.05) is 11.5 Å². The molecule has 0 radical (unpaired) electrons. The van der Waals surface area contributed by atoms with Gasteiger partial charge >= 0.3 is 0 Å². The van der Waals surface area contributed by atoms with Crippen LogP contribution in [0.3, 0.4) is 0 Å². The fourth-order valence-corrected chi connectivity index (χ4v) is 0.847. The van der Waals surface area contributed by atoms with Crippen LogP contribution in [0.15, 0.2) is 24.3 Å². The Kier molecular flexibility index (Phi) is 1.45. The highest BCUT2D eigenvalue weighted by molar-refractivity contribution is 5.20. The maximum absolute atomic E-state index is 5.77. The molecule has 1 aliphatic carbocycles. The maximum Gasteiger partial charge on any atom is 0.0314 e. The van der Waals surface area contributed by atoms with Crippen LogP contribution in [0.25, 0.3) is 0 Å². The smallest absolute Gasteiger partial charge is 0.0314 e. The van der Waals surface area contributed by atoms with Crippen molar-refractivity contribution in [2.75, 3.05) is 0 Å². The third-order valence-electron chi connectivity index (χ3n) is 1.81. The lowest BCUT2D eigenvalue weighted by atomic mass is 9.82. The van der Waals surface area contributed by atoms with E-state index in [9.17, 15) is 0 Å². The van der Waals surface area contributed by atoms with Crippen LogP contribution in [0, 0.1) is 5.41 Å². The minimum atomic E-state index is 0.148. The van der Waals surface area contributed by atoms with Crippen LogP contribution in [-0.4, -0.2) is 6.04 Å². The molecule has 0 heterocycles. The van der Waals surface area contributed by atoms with Crippen molar-refractivity contribution < 1.29 is 0 Å². The van der Waals surface area contributed by atoms with Crippen LogP contribution in [0.1, 0.15) is 13.8 Å². The Bertz CT molecular complexity index is 154. The van der Waals surface area contributed by atoms with Crippen LogP contribution < -0.4 is 5.73 Å². The molecule has 2 N–H and O–H groups in total. The van der Waals surface area contributed by atoms with Gasteiger partial charge in [-0.2, -0.15) is 0 Å². The van der Waals surface area contributed by atoms with Gasteiger partial charge in [0.25, 0.3) is 0 Å². The van der Waals surface area contributed by atoms with Gasteiger partial charge in [-0.15, -0.1) is 0 Å². The molecular formula is C8H13N. The zero-order chi connectivity index (χ0) is 6.91. The quantitative estimate of drug-likeness (QED) is 0.518. The number of hydrogen-bond donors (Lipinski definition) is 1. The number of hydrogen-bond acceptors (Lipinski definition) is 1. The molecule has 0 aromatic rings. The lowest BCUT2D eigenvalue weighted by molar-refractivity contribution is 0.420. The Hall–Kier alpha value is -0.560. The van der Waals surface area contributed by atoms with E-state index in [2.05, 4.69) is 19.9 Å². The molecule has 0 saturated heterocycles. The van der Waals surface area contributed by atoms with E-state index < -0.39 is 0 Å². The molecule has 1 nitrogen and oxygen atoms in total. The molecule has 0 unspecified atom stereocenters. The molecule has 50 valence electrons. The minimum Gasteiger partial charge on any atom is -0.324 e. The maximum atomic E-state index is 5.77. The van der Waals surface area contributed by atoms with E-state index in [1.807, 2.05) is 18.2 Å². The molecule has 0 saturated carbocycles. The molecule has 9 heavy (non-hydrogen) atoms. The molecule has 1 rings (SSSR count). The third kappa shape index (κ3) is 1.22. The van der Waals surface area contributed by atoms with Crippen LogP contribution in [0.5, 0.6) is 0 Å². The Labute approximate surface area is 56.2 Å². The molecule has 1 aliphatic rings. The SMILES string of the molecule is CC1(C)C=CC=C[C@H]1N. The van der Waals surface area contributed by atoms with Gasteiger partial charge in [-0.1, -0.05) is 38.2 Å². The molecule has 0 amide bonds. The number of nitrogens with two attached hydrogens (primary N) is 1. The van der Waals surface area contributed by atoms with Gasteiger partial charge < -0.3 is 5.73 Å². The normalized spacial score (nSPS) is 30.8. The number of rotatable bonds is 0. The summed E-state index contributed by atoms with van der Waals surface area (Å²) < 4.78 is 0. The van der Waals surface area contributed by atoms with E-state index in [0.29, 0.717) is 0 Å². The lowest BCUT2D eigenvalue weighted by Gasteiger charge is -2.27. The van der Waals surface area contributed by atoms with Crippen LogP contribution in [0.2, 0.25) is 0 Å². The van der Waals surface area contributed by atoms with Crippen molar-refractivity contribution >= 4 is 0 Å². The van der Waals surface area contributed by atoms with Crippen molar-refractivity contribution in [2.24, 2.45) is 11.1 Å². The second kappa shape index (κ2) is 1.99. The largest absolute Gasteiger partial charge is 0.324 e. The zero-order valence-electron chi connectivity index (χ0n) is 5.96. The Balaban J connectivity index is 2.78. The molecule has 0 fully saturated rings. The molecule has 0 aliphatic heterocycles. The van der Waals surface area contributed by atoms with E-state index in [0.717, 1.165) is 0 Å². The summed E-state index contributed by atoms with van der Waals surface area (Å²) >= 11 is 0. The van der Waals surface area contributed by atoms with Gasteiger partial charge in [-0.05, 0) is 0 Å². The number of allylic oxidation sites excluding steroid dienone is 2. The summed E-state index contributed by atoms with van der Waals surface area (Å²) in [6.45, 7) is 4.27. The van der Waals surface area contributed by atoms with Crippen LogP contribution in [0.4, 0.5) is 0 Å². The highest BCUT2D eigenvalue weighted by Crippen LogP contribution is 2.24. The van der Waals surface area contributed by atoms with Gasteiger partial charge in [0.05, 0.1) is 0 Å². The molecular weight excluding hydrogens is 110 g/mol. The van der Waals surface area contributed by atoms with Crippen molar-refractivity contribution in [1.82, 2.24) is 0 Å². The molecule has 1 atom stereocenters. The first-order valence-corrected chi connectivity index (χ1v) is 3.24. The molecule has 0 spiro atoms. The first-order chi connectivity index (χ1) is 4.13. The fourth-order valence-electron chi connectivity index (χ4n) is 0.847. The van der Waals surface area contributed by atoms with E-state index in [1.165, 1.54) is 0 Å². The molecule has 0 bridgehead atoms. The molecule has 0 aromatic heterocycles. The average Bonchev–Trinajstić information content (AvgIpc) is 1.77. The zero-order valence-corrected chi connectivity index (χ0v) is 5.96. The monoisotopic (exact) mass is 123 g/mol. The molecule has 0 aromatic carbocycles. The van der Waals surface area contributed by atoms with E-state index in [1.54, 1.807) is 0 Å². The highest BCUT2D eigenvalue weighted by Gasteiger charge is 2.21. The summed E-state index contributed by atoms with van der Waals surface area (Å²) in [6.07, 6.45) is 8.21. The van der Waals surface area contributed by atoms with Crippen molar-refractivity contribution in [3.63, 3.8) is 0 Å². The standard InChI is InChI=1S/C8H13N/c1-8(2)6-4-3-5-7(8)9/h3-7H,9H2,1-2H3/t7-/m1/s1. The summed E-state index contributed by atoms with van der Waals surface area (Å²) in [6, 6.07) is 0.183. The van der Waals surface area contributed by atoms with Crippen molar-refractivity contribution in [3.05, 3.63) is 24.3 Å². The predicted octanol–water partition coefficient (Wildman–Crippen LogP) is 1.47. The third-order valence-corrected chi connectivity index (χ3v) is 1.81. The summed E-state index contributed by atoms with van der Waals surface area (Å²) in [5, 5.41) is 0. The Morgan fingerprint density at radius 1 is 1.33 bits per heavy atom. The van der Waals surface area contributed by atoms with Crippen LogP contribution in [-0.2, 0) is 0 Å². The first-order valence-electron chi connectivity index (χ1n) is 3.24.